The minimum absolute atomic E-state index is 0.126. The lowest BCUT2D eigenvalue weighted by Gasteiger charge is -2.18. The Balaban J connectivity index is 1.55. The van der Waals surface area contributed by atoms with Crippen molar-refractivity contribution in [2.45, 2.75) is 0 Å². The third kappa shape index (κ3) is 4.46. The SMILES string of the molecule is COc1ccccc1N1C(=O)C(Cl)=C(Nc2cccc(C(=O)Nc3ccc(F)c(Cl)c3)c2)C1=O. The van der Waals surface area contributed by atoms with Crippen LogP contribution >= 0.6 is 23.2 Å². The molecule has 0 aliphatic carbocycles. The fraction of sp³-hybridized carbons (Fsp3) is 0.0417. The Morgan fingerprint density at radius 2 is 1.71 bits per heavy atom. The molecular weight excluding hydrogens is 484 g/mol. The standard InChI is InChI=1S/C24H16Cl2FN3O4/c1-34-19-8-3-2-7-18(19)30-23(32)20(26)21(24(30)33)28-14-6-4-5-13(11-14)22(31)29-15-9-10-17(27)16(25)12-15/h2-12,28H,1H3,(H,29,31). The molecule has 3 amide bonds. The smallest absolute Gasteiger partial charge is 0.283 e. The Bertz CT molecular complexity index is 1360. The zero-order chi connectivity index (χ0) is 24.4. The van der Waals surface area contributed by atoms with Crippen LogP contribution in [0, 0.1) is 5.82 Å². The Hall–Kier alpha value is -3.88. The number of hydrogen-bond acceptors (Lipinski definition) is 5. The van der Waals surface area contributed by atoms with Gasteiger partial charge >= 0.3 is 0 Å². The van der Waals surface area contributed by atoms with Gasteiger partial charge in [0.1, 0.15) is 22.3 Å². The summed E-state index contributed by atoms with van der Waals surface area (Å²) in [4.78, 5) is 39.3. The van der Waals surface area contributed by atoms with E-state index in [2.05, 4.69) is 10.6 Å². The molecule has 4 rings (SSSR count). The highest BCUT2D eigenvalue weighted by Crippen LogP contribution is 2.35. The predicted octanol–water partition coefficient (Wildman–Crippen LogP) is 5.18. The minimum atomic E-state index is -0.708. The minimum Gasteiger partial charge on any atom is -0.495 e. The number of rotatable bonds is 6. The first-order valence-corrected chi connectivity index (χ1v) is 10.6. The Morgan fingerprint density at radius 3 is 2.44 bits per heavy atom. The van der Waals surface area contributed by atoms with E-state index < -0.39 is 23.5 Å². The lowest BCUT2D eigenvalue weighted by molar-refractivity contribution is -0.120. The first-order chi connectivity index (χ1) is 16.3. The topological polar surface area (TPSA) is 87.7 Å². The van der Waals surface area contributed by atoms with Crippen LogP contribution in [0.2, 0.25) is 5.02 Å². The van der Waals surface area contributed by atoms with Gasteiger partial charge in [0.2, 0.25) is 0 Å². The number of benzene rings is 3. The van der Waals surface area contributed by atoms with Crippen LogP contribution in [0.15, 0.2) is 77.5 Å². The van der Waals surface area contributed by atoms with Crippen molar-refractivity contribution in [3.8, 4) is 5.75 Å². The number of halogens is 3. The number of imide groups is 1. The molecule has 0 unspecified atom stereocenters. The molecule has 0 aromatic heterocycles. The lowest BCUT2D eigenvalue weighted by atomic mass is 10.1. The summed E-state index contributed by atoms with van der Waals surface area (Å²) < 4.78 is 18.6. The molecule has 0 radical (unpaired) electrons. The second-order valence-electron chi connectivity index (χ2n) is 7.10. The van der Waals surface area contributed by atoms with E-state index >= 15 is 0 Å². The summed E-state index contributed by atoms with van der Waals surface area (Å²) in [6.07, 6.45) is 0. The van der Waals surface area contributed by atoms with E-state index in [-0.39, 0.29) is 27.0 Å². The second-order valence-corrected chi connectivity index (χ2v) is 7.88. The number of anilines is 3. The van der Waals surface area contributed by atoms with Crippen molar-refractivity contribution >= 4 is 58.0 Å². The van der Waals surface area contributed by atoms with Gasteiger partial charge in [-0.1, -0.05) is 41.4 Å². The molecule has 0 atom stereocenters. The molecule has 7 nitrogen and oxygen atoms in total. The van der Waals surface area contributed by atoms with E-state index in [1.54, 1.807) is 42.5 Å². The van der Waals surface area contributed by atoms with Crippen molar-refractivity contribution in [3.63, 3.8) is 0 Å². The fourth-order valence-electron chi connectivity index (χ4n) is 3.30. The van der Waals surface area contributed by atoms with Gasteiger partial charge < -0.3 is 15.4 Å². The molecule has 0 saturated carbocycles. The molecule has 3 aromatic carbocycles. The van der Waals surface area contributed by atoms with E-state index in [1.807, 2.05) is 0 Å². The molecule has 34 heavy (non-hydrogen) atoms. The van der Waals surface area contributed by atoms with Crippen molar-refractivity contribution in [1.29, 1.82) is 0 Å². The normalized spacial score (nSPS) is 13.4. The largest absolute Gasteiger partial charge is 0.495 e. The summed E-state index contributed by atoms with van der Waals surface area (Å²) in [5.41, 5.74) is 1.01. The first kappa shape index (κ1) is 23.3. The average Bonchev–Trinajstić information content (AvgIpc) is 3.04. The van der Waals surface area contributed by atoms with Crippen LogP contribution in [-0.2, 0) is 9.59 Å². The number of methoxy groups -OCH3 is 1. The van der Waals surface area contributed by atoms with Crippen molar-refractivity contribution < 1.29 is 23.5 Å². The number of amides is 3. The summed E-state index contributed by atoms with van der Waals surface area (Å²) in [6, 6.07) is 16.6. The predicted molar refractivity (Wildman–Crippen MR) is 128 cm³/mol. The fourth-order valence-corrected chi connectivity index (χ4v) is 3.70. The van der Waals surface area contributed by atoms with Crippen LogP contribution in [-0.4, -0.2) is 24.8 Å². The van der Waals surface area contributed by atoms with Crippen LogP contribution in [0.1, 0.15) is 10.4 Å². The molecule has 1 aliphatic heterocycles. The Labute approximate surface area is 203 Å². The number of carbonyl (C=O) groups excluding carboxylic acids is 3. The van der Waals surface area contributed by atoms with Gasteiger partial charge in [-0.3, -0.25) is 14.4 Å². The third-order valence-electron chi connectivity index (χ3n) is 4.92. The monoisotopic (exact) mass is 499 g/mol. The van der Waals surface area contributed by atoms with Crippen LogP contribution in [0.25, 0.3) is 0 Å². The average molecular weight is 500 g/mol. The zero-order valence-electron chi connectivity index (χ0n) is 17.6. The van der Waals surface area contributed by atoms with Gasteiger partial charge in [-0.2, -0.15) is 0 Å². The molecule has 172 valence electrons. The van der Waals surface area contributed by atoms with Gasteiger partial charge in [0.05, 0.1) is 17.8 Å². The molecule has 3 aromatic rings. The first-order valence-electron chi connectivity index (χ1n) is 9.85. The van der Waals surface area contributed by atoms with Crippen LogP contribution in [0.5, 0.6) is 5.75 Å². The maximum absolute atomic E-state index is 13.3. The van der Waals surface area contributed by atoms with E-state index in [1.165, 1.54) is 25.3 Å². The maximum atomic E-state index is 13.3. The number of para-hydroxylation sites is 2. The molecule has 1 aliphatic rings. The summed E-state index contributed by atoms with van der Waals surface area (Å²) >= 11 is 11.9. The van der Waals surface area contributed by atoms with Gasteiger partial charge in [0, 0.05) is 16.9 Å². The summed E-state index contributed by atoms with van der Waals surface area (Å²) in [5, 5.41) is 5.02. The highest BCUT2D eigenvalue weighted by atomic mass is 35.5. The quantitative estimate of drug-likeness (QED) is 0.456. The second kappa shape index (κ2) is 9.54. The van der Waals surface area contributed by atoms with Gasteiger partial charge in [-0.25, -0.2) is 9.29 Å². The highest BCUT2D eigenvalue weighted by molar-refractivity contribution is 6.53. The maximum Gasteiger partial charge on any atom is 0.283 e. The van der Waals surface area contributed by atoms with Crippen molar-refractivity contribution in [3.05, 3.63) is 93.9 Å². The lowest BCUT2D eigenvalue weighted by Crippen LogP contribution is -2.32. The molecule has 1 heterocycles. The summed E-state index contributed by atoms with van der Waals surface area (Å²) in [5.74, 6) is -2.14. The number of hydrogen-bond donors (Lipinski definition) is 2. The Kier molecular flexibility index (Phi) is 6.54. The van der Waals surface area contributed by atoms with Crippen molar-refractivity contribution in [2.24, 2.45) is 0 Å². The molecule has 0 fully saturated rings. The number of ether oxygens (including phenoxy) is 1. The van der Waals surface area contributed by atoms with Gasteiger partial charge in [0.25, 0.3) is 17.7 Å². The third-order valence-corrected chi connectivity index (χ3v) is 5.57. The molecule has 0 saturated heterocycles. The Morgan fingerprint density at radius 1 is 0.941 bits per heavy atom. The van der Waals surface area contributed by atoms with Crippen molar-refractivity contribution in [1.82, 2.24) is 0 Å². The van der Waals surface area contributed by atoms with Crippen LogP contribution in [0.3, 0.4) is 0 Å². The van der Waals surface area contributed by atoms with E-state index in [0.717, 1.165) is 11.0 Å². The van der Waals surface area contributed by atoms with E-state index in [0.29, 0.717) is 17.1 Å². The van der Waals surface area contributed by atoms with Crippen LogP contribution < -0.4 is 20.3 Å². The molecule has 10 heteroatoms. The van der Waals surface area contributed by atoms with Crippen molar-refractivity contribution in [2.75, 3.05) is 22.6 Å². The number of nitrogens with zero attached hydrogens (tertiary/aromatic N) is 1. The zero-order valence-corrected chi connectivity index (χ0v) is 19.1. The van der Waals surface area contributed by atoms with Crippen LogP contribution in [0.4, 0.5) is 21.5 Å². The summed E-state index contributed by atoms with van der Waals surface area (Å²) in [7, 11) is 1.43. The van der Waals surface area contributed by atoms with Gasteiger partial charge in [-0.15, -0.1) is 0 Å². The molecule has 2 N–H and O–H groups in total. The van der Waals surface area contributed by atoms with E-state index in [9.17, 15) is 18.8 Å². The number of nitrogens with one attached hydrogen (secondary N) is 2. The molecule has 0 bridgehead atoms. The van der Waals surface area contributed by atoms with Gasteiger partial charge in [-0.05, 0) is 48.5 Å². The molecular formula is C24H16Cl2FN3O4. The number of carbonyl (C=O) groups is 3. The highest BCUT2D eigenvalue weighted by Gasteiger charge is 2.40. The van der Waals surface area contributed by atoms with Gasteiger partial charge in [0.15, 0.2) is 0 Å². The molecule has 0 spiro atoms. The summed E-state index contributed by atoms with van der Waals surface area (Å²) in [6.45, 7) is 0. The van der Waals surface area contributed by atoms with E-state index in [4.69, 9.17) is 27.9 Å².